The molecule has 74 valence electrons. The summed E-state index contributed by atoms with van der Waals surface area (Å²) in [5, 5.41) is 7.06. The number of aromatic nitrogens is 3. The van der Waals surface area contributed by atoms with Crippen LogP contribution in [0.15, 0.2) is 12.3 Å². The van der Waals surface area contributed by atoms with Crippen LogP contribution in [0.25, 0.3) is 5.65 Å². The maximum absolute atomic E-state index is 12.4. The smallest absolute Gasteiger partial charge is 0.297 e. The molecule has 2 rings (SSSR count). The monoisotopic (exact) mass is 198 g/mol. The number of nitrogens with two attached hydrogens (primary N) is 1. The first kappa shape index (κ1) is 8.86. The number of nitrogens with zero attached hydrogens (tertiary/aromatic N) is 3. The van der Waals surface area contributed by atoms with Crippen molar-refractivity contribution >= 4 is 11.3 Å². The molecule has 0 fully saturated rings. The number of hydrogen-bond acceptors (Lipinski definition) is 3. The summed E-state index contributed by atoms with van der Waals surface area (Å²) in [7, 11) is 0. The lowest BCUT2D eigenvalue weighted by atomic mass is 10.3. The molecule has 2 aromatic rings. The minimum Gasteiger partial charge on any atom is -0.398 e. The molecule has 0 radical (unpaired) electrons. The van der Waals surface area contributed by atoms with Gasteiger partial charge in [-0.2, -0.15) is 0 Å². The van der Waals surface area contributed by atoms with Gasteiger partial charge in [0.25, 0.3) is 6.43 Å². The highest BCUT2D eigenvalue weighted by Gasteiger charge is 2.16. The number of rotatable bonds is 1. The van der Waals surface area contributed by atoms with E-state index >= 15 is 0 Å². The molecule has 14 heavy (non-hydrogen) atoms. The molecule has 0 spiro atoms. The van der Waals surface area contributed by atoms with Crippen molar-refractivity contribution in [2.75, 3.05) is 5.73 Å². The summed E-state index contributed by atoms with van der Waals surface area (Å²) in [6, 6.07) is 1.67. The predicted molar refractivity (Wildman–Crippen MR) is 47.1 cm³/mol. The number of anilines is 1. The van der Waals surface area contributed by atoms with Gasteiger partial charge in [-0.1, -0.05) is 0 Å². The highest BCUT2D eigenvalue weighted by Crippen LogP contribution is 2.20. The van der Waals surface area contributed by atoms with Crippen molar-refractivity contribution in [3.05, 3.63) is 23.7 Å². The fourth-order valence-corrected chi connectivity index (χ4v) is 1.35. The minimum atomic E-state index is -2.65. The number of alkyl halides is 2. The maximum atomic E-state index is 12.4. The van der Waals surface area contributed by atoms with Crippen molar-refractivity contribution < 1.29 is 8.78 Å². The minimum absolute atomic E-state index is 0.379. The van der Waals surface area contributed by atoms with Crippen LogP contribution in [-0.4, -0.2) is 14.6 Å². The molecule has 2 heterocycles. The second-order valence-electron chi connectivity index (χ2n) is 3.01. The summed E-state index contributed by atoms with van der Waals surface area (Å²) < 4.78 is 26.1. The van der Waals surface area contributed by atoms with Crippen molar-refractivity contribution in [3.8, 4) is 0 Å². The van der Waals surface area contributed by atoms with E-state index in [0.29, 0.717) is 11.3 Å². The summed E-state index contributed by atoms with van der Waals surface area (Å²) in [6.45, 7) is 1.75. The molecule has 0 saturated heterocycles. The van der Waals surface area contributed by atoms with E-state index in [1.54, 1.807) is 13.0 Å². The first-order valence-electron chi connectivity index (χ1n) is 3.98. The van der Waals surface area contributed by atoms with Gasteiger partial charge in [0.1, 0.15) is 0 Å². The van der Waals surface area contributed by atoms with E-state index in [9.17, 15) is 8.78 Å². The Morgan fingerprint density at radius 2 is 2.14 bits per heavy atom. The highest BCUT2D eigenvalue weighted by atomic mass is 19.3. The fourth-order valence-electron chi connectivity index (χ4n) is 1.35. The molecular weight excluding hydrogens is 190 g/mol. The van der Waals surface area contributed by atoms with Gasteiger partial charge in [-0.05, 0) is 18.6 Å². The van der Waals surface area contributed by atoms with Gasteiger partial charge in [0.15, 0.2) is 5.65 Å². The molecule has 0 saturated carbocycles. The van der Waals surface area contributed by atoms with Crippen molar-refractivity contribution in [1.82, 2.24) is 14.6 Å². The first-order chi connectivity index (χ1) is 6.59. The van der Waals surface area contributed by atoms with Crippen LogP contribution in [0.2, 0.25) is 0 Å². The van der Waals surface area contributed by atoms with E-state index in [2.05, 4.69) is 10.2 Å². The number of nitrogen functional groups attached to an aromatic ring is 1. The third kappa shape index (κ3) is 1.19. The van der Waals surface area contributed by atoms with Crippen LogP contribution in [0.4, 0.5) is 14.5 Å². The number of fused-ring (bicyclic) bond motifs is 1. The molecule has 4 nitrogen and oxygen atoms in total. The second kappa shape index (κ2) is 2.90. The van der Waals surface area contributed by atoms with E-state index in [-0.39, 0.29) is 5.82 Å². The van der Waals surface area contributed by atoms with Crippen molar-refractivity contribution in [2.24, 2.45) is 0 Å². The van der Waals surface area contributed by atoms with Crippen LogP contribution >= 0.6 is 0 Å². The molecule has 6 heteroatoms. The number of hydrogen-bond donors (Lipinski definition) is 1. The third-order valence-electron chi connectivity index (χ3n) is 1.93. The Morgan fingerprint density at radius 1 is 1.43 bits per heavy atom. The second-order valence-corrected chi connectivity index (χ2v) is 3.01. The summed E-state index contributed by atoms with van der Waals surface area (Å²) in [4.78, 5) is 0. The molecule has 0 unspecified atom stereocenters. The lowest BCUT2D eigenvalue weighted by Crippen LogP contribution is -1.98. The van der Waals surface area contributed by atoms with Crippen LogP contribution in [0.1, 0.15) is 17.8 Å². The zero-order chi connectivity index (χ0) is 10.3. The quantitative estimate of drug-likeness (QED) is 0.756. The fraction of sp³-hybridized carbons (Fsp3) is 0.250. The highest BCUT2D eigenvalue weighted by molar-refractivity contribution is 5.54. The van der Waals surface area contributed by atoms with Crippen LogP contribution < -0.4 is 5.73 Å². The average molecular weight is 198 g/mol. The Labute approximate surface area is 78.4 Å². The zero-order valence-corrected chi connectivity index (χ0v) is 7.41. The third-order valence-corrected chi connectivity index (χ3v) is 1.93. The van der Waals surface area contributed by atoms with E-state index < -0.39 is 6.43 Å². The van der Waals surface area contributed by atoms with Crippen LogP contribution in [0.5, 0.6) is 0 Å². The Morgan fingerprint density at radius 3 is 2.79 bits per heavy atom. The van der Waals surface area contributed by atoms with E-state index in [1.807, 2.05) is 0 Å². The number of pyridine rings is 1. The Bertz CT molecular complexity index is 477. The molecular formula is C8H8F2N4. The van der Waals surface area contributed by atoms with Gasteiger partial charge in [-0.25, -0.2) is 8.78 Å². The summed E-state index contributed by atoms with van der Waals surface area (Å²) in [5.41, 5.74) is 7.08. The molecule has 0 aliphatic carbocycles. The molecule has 0 aliphatic heterocycles. The molecule has 0 aromatic carbocycles. The summed E-state index contributed by atoms with van der Waals surface area (Å²) >= 11 is 0. The van der Waals surface area contributed by atoms with E-state index in [4.69, 9.17) is 5.73 Å². The molecule has 0 bridgehead atoms. The summed E-state index contributed by atoms with van der Waals surface area (Å²) in [5.74, 6) is -0.379. The summed E-state index contributed by atoms with van der Waals surface area (Å²) in [6.07, 6.45) is -1.25. The largest absolute Gasteiger partial charge is 0.398 e. The Balaban J connectivity index is 2.78. The maximum Gasteiger partial charge on any atom is 0.297 e. The molecule has 2 N–H and O–H groups in total. The molecule has 0 atom stereocenters. The molecule has 2 aromatic heterocycles. The predicted octanol–water partition coefficient (Wildman–Crippen LogP) is 1.56. The topological polar surface area (TPSA) is 56.2 Å². The van der Waals surface area contributed by atoms with Crippen molar-refractivity contribution in [3.63, 3.8) is 0 Å². The van der Waals surface area contributed by atoms with Gasteiger partial charge in [-0.3, -0.25) is 4.40 Å². The number of halogens is 2. The van der Waals surface area contributed by atoms with Gasteiger partial charge in [0.05, 0.1) is 0 Å². The van der Waals surface area contributed by atoms with Gasteiger partial charge in [-0.15, -0.1) is 10.2 Å². The van der Waals surface area contributed by atoms with Gasteiger partial charge in [0, 0.05) is 11.9 Å². The standard InChI is InChI=1S/C8H8F2N4/c1-4-2-5(11)3-14-7(4)12-13-8(14)6(9)10/h2-3,6H,11H2,1H3. The van der Waals surface area contributed by atoms with Crippen molar-refractivity contribution in [2.45, 2.75) is 13.3 Å². The lowest BCUT2D eigenvalue weighted by molar-refractivity contribution is 0.139. The van der Waals surface area contributed by atoms with Crippen LogP contribution in [0, 0.1) is 6.92 Å². The SMILES string of the molecule is Cc1cc(N)cn2c(C(F)F)nnc12. The number of aryl methyl sites for hydroxylation is 1. The molecule has 0 amide bonds. The van der Waals surface area contributed by atoms with E-state index in [0.717, 1.165) is 5.56 Å². The van der Waals surface area contributed by atoms with Crippen molar-refractivity contribution in [1.29, 1.82) is 0 Å². The van der Waals surface area contributed by atoms with E-state index in [1.165, 1.54) is 10.6 Å². The van der Waals surface area contributed by atoms with Crippen LogP contribution in [0.3, 0.4) is 0 Å². The Kier molecular flexibility index (Phi) is 1.83. The van der Waals surface area contributed by atoms with Gasteiger partial charge in [0.2, 0.25) is 5.82 Å². The average Bonchev–Trinajstić information content (AvgIpc) is 2.47. The first-order valence-corrected chi connectivity index (χ1v) is 3.98. The Hall–Kier alpha value is -1.72. The van der Waals surface area contributed by atoms with Gasteiger partial charge >= 0.3 is 0 Å². The van der Waals surface area contributed by atoms with Crippen LogP contribution in [-0.2, 0) is 0 Å². The normalized spacial score (nSPS) is 11.4. The lowest BCUT2D eigenvalue weighted by Gasteiger charge is -2.01. The van der Waals surface area contributed by atoms with Gasteiger partial charge < -0.3 is 5.73 Å². The zero-order valence-electron chi connectivity index (χ0n) is 7.41. The molecule has 0 aliphatic rings.